The van der Waals surface area contributed by atoms with Gasteiger partial charge in [-0.15, -0.1) is 0 Å². The van der Waals surface area contributed by atoms with Gasteiger partial charge in [0.1, 0.15) is 5.82 Å². The van der Waals surface area contributed by atoms with Crippen LogP contribution >= 0.6 is 11.6 Å². The molecule has 1 atom stereocenters. The minimum Gasteiger partial charge on any atom is -0.271 e. The first-order chi connectivity index (χ1) is 9.19. The number of aryl methyl sites for hydroxylation is 1. The number of nitrogens with zero attached hydrogens (tertiary/aromatic N) is 2. The Labute approximate surface area is 116 Å². The molecule has 0 radical (unpaired) electrons. The van der Waals surface area contributed by atoms with Gasteiger partial charge in [0.15, 0.2) is 0 Å². The summed E-state index contributed by atoms with van der Waals surface area (Å²) in [7, 11) is 0. The number of nitrogens with one attached hydrogen (secondary N) is 1. The van der Waals surface area contributed by atoms with E-state index in [1.165, 1.54) is 6.07 Å². The van der Waals surface area contributed by atoms with Crippen molar-refractivity contribution in [3.8, 4) is 0 Å². The fourth-order valence-corrected chi connectivity index (χ4v) is 2.25. The van der Waals surface area contributed by atoms with Gasteiger partial charge >= 0.3 is 0 Å². The van der Waals surface area contributed by atoms with Gasteiger partial charge in [-0.1, -0.05) is 30.7 Å². The number of aromatic nitrogens is 2. The molecule has 6 heteroatoms. The molecule has 0 saturated heterocycles. The van der Waals surface area contributed by atoms with Crippen molar-refractivity contribution < 1.29 is 4.39 Å². The lowest BCUT2D eigenvalue weighted by Gasteiger charge is -2.19. The van der Waals surface area contributed by atoms with E-state index < -0.39 is 11.9 Å². The van der Waals surface area contributed by atoms with Gasteiger partial charge in [-0.25, -0.2) is 9.82 Å². The van der Waals surface area contributed by atoms with Crippen LogP contribution in [-0.4, -0.2) is 9.78 Å². The number of benzene rings is 1. The number of halogens is 2. The van der Waals surface area contributed by atoms with Crippen LogP contribution in [0.15, 0.2) is 30.5 Å². The Kier molecular flexibility index (Phi) is 4.52. The predicted molar refractivity (Wildman–Crippen MR) is 73.1 cm³/mol. The highest BCUT2D eigenvalue weighted by molar-refractivity contribution is 6.30. The topological polar surface area (TPSA) is 55.9 Å². The molecule has 3 N–H and O–H groups in total. The first kappa shape index (κ1) is 14.0. The summed E-state index contributed by atoms with van der Waals surface area (Å²) in [5, 5.41) is 4.30. The summed E-state index contributed by atoms with van der Waals surface area (Å²) in [6.45, 7) is 2.80. The number of hydrogen-bond acceptors (Lipinski definition) is 3. The highest BCUT2D eigenvalue weighted by Gasteiger charge is 2.21. The average molecular weight is 283 g/mol. The number of hydrogen-bond donors (Lipinski definition) is 2. The Hall–Kier alpha value is -1.43. The van der Waals surface area contributed by atoms with Crippen LogP contribution in [-0.2, 0) is 6.54 Å². The molecule has 4 nitrogen and oxygen atoms in total. The van der Waals surface area contributed by atoms with Crippen molar-refractivity contribution in [3.63, 3.8) is 0 Å². The Morgan fingerprint density at radius 1 is 1.47 bits per heavy atom. The van der Waals surface area contributed by atoms with E-state index in [1.54, 1.807) is 18.3 Å². The number of nitrogens with two attached hydrogens (primary N) is 1. The lowest BCUT2D eigenvalue weighted by molar-refractivity contribution is 0.502. The Morgan fingerprint density at radius 3 is 2.95 bits per heavy atom. The van der Waals surface area contributed by atoms with Crippen LogP contribution < -0.4 is 11.3 Å². The van der Waals surface area contributed by atoms with Crippen LogP contribution in [0.5, 0.6) is 0 Å². The third-order valence-corrected chi connectivity index (χ3v) is 3.23. The van der Waals surface area contributed by atoms with Crippen molar-refractivity contribution in [2.45, 2.75) is 25.9 Å². The normalized spacial score (nSPS) is 12.6. The Morgan fingerprint density at radius 2 is 2.26 bits per heavy atom. The van der Waals surface area contributed by atoms with Crippen molar-refractivity contribution in [2.75, 3.05) is 0 Å². The number of hydrazine groups is 1. The van der Waals surface area contributed by atoms with E-state index in [0.29, 0.717) is 5.56 Å². The molecule has 2 rings (SSSR count). The van der Waals surface area contributed by atoms with Gasteiger partial charge in [0.05, 0.1) is 16.8 Å². The van der Waals surface area contributed by atoms with Crippen LogP contribution in [0.25, 0.3) is 0 Å². The first-order valence-corrected chi connectivity index (χ1v) is 6.48. The van der Waals surface area contributed by atoms with E-state index in [9.17, 15) is 4.39 Å². The monoisotopic (exact) mass is 282 g/mol. The molecule has 1 aromatic carbocycles. The van der Waals surface area contributed by atoms with Gasteiger partial charge in [0.2, 0.25) is 0 Å². The summed E-state index contributed by atoms with van der Waals surface area (Å²) >= 11 is 5.81. The van der Waals surface area contributed by atoms with Gasteiger partial charge in [0.25, 0.3) is 0 Å². The van der Waals surface area contributed by atoms with Crippen LogP contribution in [0.3, 0.4) is 0 Å². The van der Waals surface area contributed by atoms with Gasteiger partial charge in [-0.3, -0.25) is 10.5 Å². The van der Waals surface area contributed by atoms with Crippen molar-refractivity contribution in [1.29, 1.82) is 0 Å². The minimum atomic E-state index is -0.479. The maximum atomic E-state index is 14.1. The van der Waals surface area contributed by atoms with Crippen molar-refractivity contribution in [3.05, 3.63) is 52.6 Å². The summed E-state index contributed by atoms with van der Waals surface area (Å²) in [6, 6.07) is 6.21. The molecule has 0 aliphatic heterocycles. The molecule has 1 heterocycles. The van der Waals surface area contributed by atoms with Crippen molar-refractivity contribution in [2.24, 2.45) is 5.84 Å². The van der Waals surface area contributed by atoms with E-state index in [2.05, 4.69) is 17.4 Å². The third-order valence-electron chi connectivity index (χ3n) is 2.94. The van der Waals surface area contributed by atoms with Gasteiger partial charge in [-0.05, 0) is 18.6 Å². The number of rotatable bonds is 5. The largest absolute Gasteiger partial charge is 0.271 e. The third kappa shape index (κ3) is 2.78. The lowest BCUT2D eigenvalue weighted by atomic mass is 10.0. The molecular formula is C13H16ClFN4. The summed E-state index contributed by atoms with van der Waals surface area (Å²) in [6.07, 6.45) is 2.61. The molecule has 0 aliphatic carbocycles. The second kappa shape index (κ2) is 6.14. The first-order valence-electron chi connectivity index (χ1n) is 6.10. The average Bonchev–Trinajstić information content (AvgIpc) is 2.84. The van der Waals surface area contributed by atoms with Crippen LogP contribution in [0.1, 0.15) is 30.6 Å². The molecule has 0 saturated carbocycles. The Balaban J connectivity index is 2.44. The summed E-state index contributed by atoms with van der Waals surface area (Å²) in [5.74, 6) is 5.12. The standard InChI is InChI=1S/C13H16ClFN4/c1-2-8-19-11(6-7-17-19)13(18-16)9-4-3-5-10(14)12(9)15/h3-7,13,18H,2,8,16H2,1H3. The van der Waals surface area contributed by atoms with Gasteiger partial charge in [0, 0.05) is 18.3 Å². The Bertz CT molecular complexity index is 555. The summed E-state index contributed by atoms with van der Waals surface area (Å²) in [5.41, 5.74) is 3.85. The van der Waals surface area contributed by atoms with E-state index in [0.717, 1.165) is 18.7 Å². The van der Waals surface area contributed by atoms with E-state index in [-0.39, 0.29) is 5.02 Å². The maximum Gasteiger partial charge on any atom is 0.147 e. The van der Waals surface area contributed by atoms with Crippen LogP contribution in [0.4, 0.5) is 4.39 Å². The van der Waals surface area contributed by atoms with Crippen molar-refractivity contribution >= 4 is 11.6 Å². The van der Waals surface area contributed by atoms with E-state index in [1.807, 2.05) is 10.7 Å². The molecule has 0 fully saturated rings. The smallest absolute Gasteiger partial charge is 0.147 e. The van der Waals surface area contributed by atoms with Gasteiger partial charge < -0.3 is 0 Å². The molecule has 2 aromatic rings. The highest BCUT2D eigenvalue weighted by Crippen LogP contribution is 2.27. The molecule has 0 amide bonds. The zero-order valence-corrected chi connectivity index (χ0v) is 11.4. The second-order valence-electron chi connectivity index (χ2n) is 4.22. The lowest BCUT2D eigenvalue weighted by Crippen LogP contribution is -2.31. The van der Waals surface area contributed by atoms with E-state index in [4.69, 9.17) is 17.4 Å². The molecule has 0 aliphatic rings. The molecule has 0 spiro atoms. The van der Waals surface area contributed by atoms with Crippen LogP contribution in [0, 0.1) is 5.82 Å². The SMILES string of the molecule is CCCn1nccc1C(NN)c1cccc(Cl)c1F. The molecule has 1 aromatic heterocycles. The highest BCUT2D eigenvalue weighted by atomic mass is 35.5. The second-order valence-corrected chi connectivity index (χ2v) is 4.63. The zero-order valence-electron chi connectivity index (χ0n) is 10.6. The minimum absolute atomic E-state index is 0.0827. The summed E-state index contributed by atoms with van der Waals surface area (Å²) < 4.78 is 15.9. The molecule has 1 unspecified atom stereocenters. The van der Waals surface area contributed by atoms with Crippen molar-refractivity contribution in [1.82, 2.24) is 15.2 Å². The molecule has 102 valence electrons. The van der Waals surface area contributed by atoms with Gasteiger partial charge in [-0.2, -0.15) is 5.10 Å². The molecular weight excluding hydrogens is 267 g/mol. The fourth-order valence-electron chi connectivity index (χ4n) is 2.06. The summed E-state index contributed by atoms with van der Waals surface area (Å²) in [4.78, 5) is 0. The maximum absolute atomic E-state index is 14.1. The zero-order chi connectivity index (χ0) is 13.8. The van der Waals surface area contributed by atoms with E-state index >= 15 is 0 Å². The molecule has 0 bridgehead atoms. The quantitative estimate of drug-likeness (QED) is 0.655. The fraction of sp³-hybridized carbons (Fsp3) is 0.308. The predicted octanol–water partition coefficient (Wildman–Crippen LogP) is 2.64. The van der Waals surface area contributed by atoms with Crippen LogP contribution in [0.2, 0.25) is 5.02 Å². The molecule has 19 heavy (non-hydrogen) atoms.